The van der Waals surface area contributed by atoms with Crippen molar-refractivity contribution in [3.63, 3.8) is 0 Å². The molecule has 3 aromatic carbocycles. The highest BCUT2D eigenvalue weighted by molar-refractivity contribution is 5.97. The number of unbranched alkanes of at least 4 members (excludes halogenated alkanes) is 6. The monoisotopic (exact) mass is 520 g/mol. The number of fused-ring (bicyclic) bond motifs is 1. The minimum absolute atomic E-state index is 0.122. The second-order valence-corrected chi connectivity index (χ2v) is 9.03. The van der Waals surface area contributed by atoms with E-state index in [2.05, 4.69) is 4.74 Å². The Bertz CT molecular complexity index is 1200. The first-order valence-electron chi connectivity index (χ1n) is 13.2. The molecule has 7 nitrogen and oxygen atoms in total. The van der Waals surface area contributed by atoms with E-state index in [4.69, 9.17) is 14.2 Å². The summed E-state index contributed by atoms with van der Waals surface area (Å²) in [5.41, 5.74) is 0.820. The molecule has 0 fully saturated rings. The standard InChI is InChI=1S/C31H36O7/c1-3-29(32)37-20-10-8-6-4-5-7-9-19-36-28-18-15-24-21-26(12-11-25(24)22-28)31(34)38-27-16-13-23(14-17-27)30(33)35-2/h11-18,21-22H,3-10,19-20H2,1-2H3. The van der Waals surface area contributed by atoms with E-state index in [-0.39, 0.29) is 5.97 Å². The summed E-state index contributed by atoms with van der Waals surface area (Å²) in [5, 5.41) is 1.89. The third-order valence-corrected chi connectivity index (χ3v) is 6.14. The van der Waals surface area contributed by atoms with Crippen LogP contribution in [0.25, 0.3) is 10.8 Å². The molecule has 0 saturated carbocycles. The summed E-state index contributed by atoms with van der Waals surface area (Å²) in [4.78, 5) is 35.2. The van der Waals surface area contributed by atoms with Crippen molar-refractivity contribution in [2.24, 2.45) is 0 Å². The maximum absolute atomic E-state index is 12.6. The SMILES string of the molecule is CCC(=O)OCCCCCCCCCOc1ccc2cc(C(=O)Oc3ccc(C(=O)OC)cc3)ccc2c1. The number of methoxy groups -OCH3 is 1. The average Bonchev–Trinajstić information content (AvgIpc) is 2.95. The summed E-state index contributed by atoms with van der Waals surface area (Å²) < 4.78 is 21.1. The van der Waals surface area contributed by atoms with Gasteiger partial charge in [0.15, 0.2) is 0 Å². The van der Waals surface area contributed by atoms with Gasteiger partial charge in [0.2, 0.25) is 0 Å². The van der Waals surface area contributed by atoms with Gasteiger partial charge in [-0.15, -0.1) is 0 Å². The highest BCUT2D eigenvalue weighted by atomic mass is 16.5. The van der Waals surface area contributed by atoms with Gasteiger partial charge in [0.05, 0.1) is 31.5 Å². The number of hydrogen-bond acceptors (Lipinski definition) is 7. The molecule has 0 aliphatic carbocycles. The Labute approximate surface area is 224 Å². The van der Waals surface area contributed by atoms with E-state index < -0.39 is 11.9 Å². The van der Waals surface area contributed by atoms with Crippen molar-refractivity contribution < 1.29 is 33.3 Å². The quantitative estimate of drug-likeness (QED) is 0.122. The van der Waals surface area contributed by atoms with Gasteiger partial charge in [-0.2, -0.15) is 0 Å². The fourth-order valence-corrected chi connectivity index (χ4v) is 3.95. The Morgan fingerprint density at radius 1 is 0.632 bits per heavy atom. The Morgan fingerprint density at radius 3 is 1.89 bits per heavy atom. The number of carbonyl (C=O) groups is 3. The number of carbonyl (C=O) groups excluding carboxylic acids is 3. The number of rotatable bonds is 15. The van der Waals surface area contributed by atoms with E-state index >= 15 is 0 Å². The zero-order chi connectivity index (χ0) is 27.2. The van der Waals surface area contributed by atoms with Crippen molar-refractivity contribution >= 4 is 28.7 Å². The second-order valence-electron chi connectivity index (χ2n) is 9.03. The molecular formula is C31H36O7. The van der Waals surface area contributed by atoms with Gasteiger partial charge in [0.1, 0.15) is 11.5 Å². The van der Waals surface area contributed by atoms with Crippen LogP contribution < -0.4 is 9.47 Å². The van der Waals surface area contributed by atoms with Crippen molar-refractivity contribution in [1.29, 1.82) is 0 Å². The molecule has 0 aromatic heterocycles. The van der Waals surface area contributed by atoms with Gasteiger partial charge in [0.25, 0.3) is 0 Å². The summed E-state index contributed by atoms with van der Waals surface area (Å²) in [6, 6.07) is 17.4. The van der Waals surface area contributed by atoms with Crippen LogP contribution in [0, 0.1) is 0 Å². The smallest absolute Gasteiger partial charge is 0.343 e. The van der Waals surface area contributed by atoms with Crippen LogP contribution in [0.3, 0.4) is 0 Å². The highest BCUT2D eigenvalue weighted by Gasteiger charge is 2.11. The van der Waals surface area contributed by atoms with Crippen LogP contribution in [-0.2, 0) is 14.3 Å². The van der Waals surface area contributed by atoms with Crippen molar-refractivity contribution in [2.75, 3.05) is 20.3 Å². The lowest BCUT2D eigenvalue weighted by Crippen LogP contribution is -2.08. The Morgan fingerprint density at radius 2 is 1.21 bits per heavy atom. The van der Waals surface area contributed by atoms with Gasteiger partial charge < -0.3 is 18.9 Å². The first-order valence-corrected chi connectivity index (χ1v) is 13.2. The molecule has 38 heavy (non-hydrogen) atoms. The fraction of sp³-hybridized carbons (Fsp3) is 0.387. The molecule has 7 heteroatoms. The van der Waals surface area contributed by atoms with Crippen LogP contribution in [0.1, 0.15) is 79.0 Å². The molecule has 0 aliphatic heterocycles. The molecule has 0 N–H and O–H groups in total. The molecule has 0 radical (unpaired) electrons. The second kappa shape index (κ2) is 15.4. The first kappa shape index (κ1) is 28.7. The van der Waals surface area contributed by atoms with Gasteiger partial charge in [-0.3, -0.25) is 4.79 Å². The predicted molar refractivity (Wildman–Crippen MR) is 146 cm³/mol. The van der Waals surface area contributed by atoms with E-state index in [1.807, 2.05) is 24.3 Å². The lowest BCUT2D eigenvalue weighted by atomic mass is 10.1. The molecule has 0 aliphatic rings. The van der Waals surface area contributed by atoms with E-state index in [0.29, 0.717) is 36.5 Å². The molecule has 0 atom stereocenters. The number of benzene rings is 3. The normalized spacial score (nSPS) is 10.7. The van der Waals surface area contributed by atoms with Crippen LogP contribution in [-0.4, -0.2) is 38.2 Å². The number of hydrogen-bond donors (Lipinski definition) is 0. The van der Waals surface area contributed by atoms with Crippen LogP contribution >= 0.6 is 0 Å². The molecule has 0 amide bonds. The van der Waals surface area contributed by atoms with Gasteiger partial charge in [0, 0.05) is 6.42 Å². The summed E-state index contributed by atoms with van der Waals surface area (Å²) in [6.07, 6.45) is 8.10. The number of esters is 3. The van der Waals surface area contributed by atoms with Crippen molar-refractivity contribution in [2.45, 2.75) is 58.3 Å². The molecule has 202 valence electrons. The van der Waals surface area contributed by atoms with Gasteiger partial charge >= 0.3 is 17.9 Å². The zero-order valence-corrected chi connectivity index (χ0v) is 22.2. The molecule has 0 saturated heterocycles. The largest absolute Gasteiger partial charge is 0.494 e. The van der Waals surface area contributed by atoms with Crippen LogP contribution in [0.2, 0.25) is 0 Å². The summed E-state index contributed by atoms with van der Waals surface area (Å²) >= 11 is 0. The fourth-order valence-electron chi connectivity index (χ4n) is 3.95. The minimum Gasteiger partial charge on any atom is -0.494 e. The Hall–Kier alpha value is -3.87. The van der Waals surface area contributed by atoms with Crippen molar-refractivity contribution in [3.05, 3.63) is 71.8 Å². The Balaban J connectivity index is 1.37. The lowest BCUT2D eigenvalue weighted by Gasteiger charge is -2.09. The molecule has 0 unspecified atom stereocenters. The maximum atomic E-state index is 12.6. The van der Waals surface area contributed by atoms with Crippen LogP contribution in [0.15, 0.2) is 60.7 Å². The molecule has 3 rings (SSSR count). The summed E-state index contributed by atoms with van der Waals surface area (Å²) in [5.74, 6) is 0.111. The van der Waals surface area contributed by atoms with Gasteiger partial charge in [-0.05, 0) is 72.1 Å². The maximum Gasteiger partial charge on any atom is 0.343 e. The van der Waals surface area contributed by atoms with Crippen LogP contribution in [0.5, 0.6) is 11.5 Å². The lowest BCUT2D eigenvalue weighted by molar-refractivity contribution is -0.143. The van der Waals surface area contributed by atoms with E-state index in [1.54, 1.807) is 43.3 Å². The minimum atomic E-state index is -0.474. The molecule has 0 spiro atoms. The molecular weight excluding hydrogens is 484 g/mol. The van der Waals surface area contributed by atoms with Gasteiger partial charge in [-0.25, -0.2) is 9.59 Å². The third-order valence-electron chi connectivity index (χ3n) is 6.14. The topological polar surface area (TPSA) is 88.1 Å². The summed E-state index contributed by atoms with van der Waals surface area (Å²) in [7, 11) is 1.31. The zero-order valence-electron chi connectivity index (χ0n) is 22.2. The van der Waals surface area contributed by atoms with E-state index in [9.17, 15) is 14.4 Å². The molecule has 3 aromatic rings. The first-order chi connectivity index (χ1) is 18.5. The molecule has 0 heterocycles. The average molecular weight is 521 g/mol. The highest BCUT2D eigenvalue weighted by Crippen LogP contribution is 2.23. The van der Waals surface area contributed by atoms with Crippen LogP contribution in [0.4, 0.5) is 0 Å². The predicted octanol–water partition coefficient (Wildman–Crippen LogP) is 6.91. The van der Waals surface area contributed by atoms with E-state index in [0.717, 1.165) is 48.6 Å². The van der Waals surface area contributed by atoms with Crippen molar-refractivity contribution in [1.82, 2.24) is 0 Å². The van der Waals surface area contributed by atoms with Gasteiger partial charge in [-0.1, -0.05) is 51.2 Å². The molecule has 0 bridgehead atoms. The van der Waals surface area contributed by atoms with Crippen molar-refractivity contribution in [3.8, 4) is 11.5 Å². The van der Waals surface area contributed by atoms with E-state index in [1.165, 1.54) is 20.0 Å². The summed E-state index contributed by atoms with van der Waals surface area (Å²) in [6.45, 7) is 3.00. The number of ether oxygens (including phenoxy) is 4. The Kier molecular flexibility index (Phi) is 11.6. The third kappa shape index (κ3) is 9.21.